The minimum absolute atomic E-state index is 0.00757. The van der Waals surface area contributed by atoms with Crippen molar-refractivity contribution < 1.29 is 19.1 Å². The van der Waals surface area contributed by atoms with Gasteiger partial charge in [0.05, 0.1) is 30.6 Å². The van der Waals surface area contributed by atoms with Crippen molar-refractivity contribution in [3.8, 4) is 0 Å². The van der Waals surface area contributed by atoms with Gasteiger partial charge >= 0.3 is 0 Å². The maximum absolute atomic E-state index is 12.9. The highest BCUT2D eigenvalue weighted by Crippen LogP contribution is 2.27. The van der Waals surface area contributed by atoms with Crippen LogP contribution in [0.2, 0.25) is 0 Å². The number of carbonyl (C=O) groups excluding carboxylic acids is 2. The summed E-state index contributed by atoms with van der Waals surface area (Å²) < 4.78 is 11.0. The van der Waals surface area contributed by atoms with Crippen molar-refractivity contribution in [1.29, 1.82) is 0 Å². The second-order valence-corrected chi connectivity index (χ2v) is 7.13. The Labute approximate surface area is 151 Å². The van der Waals surface area contributed by atoms with Crippen LogP contribution in [0.1, 0.15) is 46.5 Å². The lowest BCUT2D eigenvalue weighted by Crippen LogP contribution is -2.51. The van der Waals surface area contributed by atoms with Crippen LogP contribution in [0, 0.1) is 11.8 Å². The Morgan fingerprint density at radius 1 is 1.24 bits per heavy atom. The van der Waals surface area contributed by atoms with Gasteiger partial charge in [-0.1, -0.05) is 27.2 Å². The number of primary amides is 1. The van der Waals surface area contributed by atoms with Crippen LogP contribution < -0.4 is 11.5 Å². The van der Waals surface area contributed by atoms with E-state index in [2.05, 4.69) is 13.8 Å². The van der Waals surface area contributed by atoms with E-state index in [0.29, 0.717) is 6.54 Å². The molecule has 0 spiro atoms. The standard InChI is InChI=1S/C18H35N3O4/c1-6-11(2)16(19)14(24-4)10-15(22)21-9-7-8-13(21)17(25-5)12(3)18(20)23/h11-14,16-17H,6-10,19H2,1-5H3,(H2,20,23)/t11-,12+,13-,14+,16?,17+/m0/s1. The Hall–Kier alpha value is -1.18. The zero-order valence-electron chi connectivity index (χ0n) is 16.2. The number of ether oxygens (including phenoxy) is 2. The van der Waals surface area contributed by atoms with Crippen LogP contribution in [-0.2, 0) is 19.1 Å². The molecule has 7 nitrogen and oxygen atoms in total. The Bertz CT molecular complexity index is 446. The third kappa shape index (κ3) is 5.39. The molecular weight excluding hydrogens is 322 g/mol. The predicted octanol–water partition coefficient (Wildman–Crippen LogP) is 0.892. The van der Waals surface area contributed by atoms with Gasteiger partial charge in [0.25, 0.3) is 0 Å². The highest BCUT2D eigenvalue weighted by molar-refractivity contribution is 5.79. The first-order valence-electron chi connectivity index (χ1n) is 9.18. The molecule has 1 aliphatic heterocycles. The maximum Gasteiger partial charge on any atom is 0.225 e. The summed E-state index contributed by atoms with van der Waals surface area (Å²) in [6, 6.07) is -0.333. The second-order valence-electron chi connectivity index (χ2n) is 7.13. The molecular formula is C18H35N3O4. The number of amides is 2. The molecule has 1 saturated heterocycles. The molecule has 1 aliphatic rings. The molecule has 0 aliphatic carbocycles. The molecule has 0 aromatic carbocycles. The van der Waals surface area contributed by atoms with Crippen molar-refractivity contribution >= 4 is 11.8 Å². The number of carbonyl (C=O) groups is 2. The smallest absolute Gasteiger partial charge is 0.225 e. The number of hydrogen-bond donors (Lipinski definition) is 2. The number of nitrogens with two attached hydrogens (primary N) is 2. The third-order valence-electron chi connectivity index (χ3n) is 5.62. The van der Waals surface area contributed by atoms with Crippen molar-refractivity contribution in [1.82, 2.24) is 4.90 Å². The van der Waals surface area contributed by atoms with Crippen molar-refractivity contribution in [3.63, 3.8) is 0 Å². The number of likely N-dealkylation sites (tertiary alicyclic amines) is 1. The molecule has 1 unspecified atom stereocenters. The first-order chi connectivity index (χ1) is 11.8. The lowest BCUT2D eigenvalue weighted by atomic mass is 9.92. The van der Waals surface area contributed by atoms with Crippen LogP contribution in [0.25, 0.3) is 0 Å². The van der Waals surface area contributed by atoms with Crippen LogP contribution in [0.5, 0.6) is 0 Å². The zero-order chi connectivity index (χ0) is 19.1. The van der Waals surface area contributed by atoms with Gasteiger partial charge in [0.15, 0.2) is 0 Å². The summed E-state index contributed by atoms with van der Waals surface area (Å²) in [7, 11) is 3.15. The van der Waals surface area contributed by atoms with Gasteiger partial charge in [-0.2, -0.15) is 0 Å². The second kappa shape index (κ2) is 10.1. The summed E-state index contributed by atoms with van der Waals surface area (Å²) in [6.07, 6.45) is 2.14. The van der Waals surface area contributed by atoms with E-state index in [9.17, 15) is 9.59 Å². The molecule has 1 heterocycles. The van der Waals surface area contributed by atoms with E-state index in [1.807, 2.05) is 4.90 Å². The minimum atomic E-state index is -0.455. The summed E-state index contributed by atoms with van der Waals surface area (Å²) in [6.45, 7) is 6.54. The minimum Gasteiger partial charge on any atom is -0.379 e. The average molecular weight is 357 g/mol. The molecule has 7 heteroatoms. The van der Waals surface area contributed by atoms with Crippen molar-refractivity contribution in [3.05, 3.63) is 0 Å². The molecule has 4 N–H and O–H groups in total. The van der Waals surface area contributed by atoms with Gasteiger partial charge in [0.1, 0.15) is 0 Å². The lowest BCUT2D eigenvalue weighted by Gasteiger charge is -2.35. The third-order valence-corrected chi connectivity index (χ3v) is 5.62. The molecule has 0 radical (unpaired) electrons. The van der Waals surface area contributed by atoms with E-state index in [1.54, 1.807) is 21.1 Å². The fourth-order valence-electron chi connectivity index (χ4n) is 3.60. The Kier molecular flexibility index (Phi) is 8.82. The summed E-state index contributed by atoms with van der Waals surface area (Å²) in [5.41, 5.74) is 11.7. The van der Waals surface area contributed by atoms with Crippen LogP contribution in [-0.4, -0.2) is 61.8 Å². The van der Waals surface area contributed by atoms with Gasteiger partial charge in [-0.3, -0.25) is 9.59 Å². The topological polar surface area (TPSA) is 108 Å². The van der Waals surface area contributed by atoms with Gasteiger partial charge in [0.2, 0.25) is 11.8 Å². The molecule has 0 bridgehead atoms. The van der Waals surface area contributed by atoms with E-state index >= 15 is 0 Å². The van der Waals surface area contributed by atoms with Gasteiger partial charge < -0.3 is 25.8 Å². The number of rotatable bonds is 10. The fraction of sp³-hybridized carbons (Fsp3) is 0.889. The quantitative estimate of drug-likeness (QED) is 0.604. The van der Waals surface area contributed by atoms with E-state index < -0.39 is 17.9 Å². The van der Waals surface area contributed by atoms with E-state index in [1.165, 1.54) is 0 Å². The fourth-order valence-corrected chi connectivity index (χ4v) is 3.60. The van der Waals surface area contributed by atoms with Crippen LogP contribution >= 0.6 is 0 Å². The normalized spacial score (nSPS) is 23.8. The van der Waals surface area contributed by atoms with E-state index in [4.69, 9.17) is 20.9 Å². The lowest BCUT2D eigenvalue weighted by molar-refractivity contribution is -0.141. The average Bonchev–Trinajstić information content (AvgIpc) is 3.08. The van der Waals surface area contributed by atoms with Crippen LogP contribution in [0.4, 0.5) is 0 Å². The Morgan fingerprint density at radius 2 is 1.88 bits per heavy atom. The van der Waals surface area contributed by atoms with Crippen LogP contribution in [0.15, 0.2) is 0 Å². The van der Waals surface area contributed by atoms with Gasteiger partial charge in [-0.05, 0) is 18.8 Å². The van der Waals surface area contributed by atoms with Gasteiger partial charge in [-0.15, -0.1) is 0 Å². The molecule has 2 amide bonds. The molecule has 25 heavy (non-hydrogen) atoms. The largest absolute Gasteiger partial charge is 0.379 e. The highest BCUT2D eigenvalue weighted by atomic mass is 16.5. The Balaban J connectivity index is 2.83. The number of hydrogen-bond acceptors (Lipinski definition) is 5. The van der Waals surface area contributed by atoms with Crippen molar-refractivity contribution in [2.75, 3.05) is 20.8 Å². The van der Waals surface area contributed by atoms with Gasteiger partial charge in [0, 0.05) is 26.8 Å². The summed E-state index contributed by atoms with van der Waals surface area (Å²) in [5, 5.41) is 0. The van der Waals surface area contributed by atoms with E-state index in [0.717, 1.165) is 19.3 Å². The number of nitrogens with zero attached hydrogens (tertiary/aromatic N) is 1. The molecule has 0 aromatic heterocycles. The first-order valence-corrected chi connectivity index (χ1v) is 9.18. The summed E-state index contributed by atoms with van der Waals surface area (Å²) in [5.74, 6) is -0.607. The SMILES string of the molecule is CC[C@H](C)C(N)[C@@H](CC(=O)N1CCC[C@H]1[C@H](OC)[C@@H](C)C(N)=O)OC. The maximum atomic E-state index is 12.9. The van der Waals surface area contributed by atoms with Crippen molar-refractivity contribution in [2.45, 2.75) is 70.7 Å². The van der Waals surface area contributed by atoms with Gasteiger partial charge in [-0.25, -0.2) is 0 Å². The van der Waals surface area contributed by atoms with Crippen LogP contribution in [0.3, 0.4) is 0 Å². The molecule has 0 saturated carbocycles. The summed E-state index contributed by atoms with van der Waals surface area (Å²) in [4.78, 5) is 26.2. The molecule has 1 fully saturated rings. The molecule has 146 valence electrons. The monoisotopic (exact) mass is 357 g/mol. The van der Waals surface area contributed by atoms with E-state index in [-0.39, 0.29) is 36.4 Å². The molecule has 1 rings (SSSR count). The highest BCUT2D eigenvalue weighted by Gasteiger charge is 2.40. The molecule has 0 aromatic rings. The number of methoxy groups -OCH3 is 2. The predicted molar refractivity (Wildman–Crippen MR) is 96.7 cm³/mol. The summed E-state index contributed by atoms with van der Waals surface area (Å²) >= 11 is 0. The Morgan fingerprint density at radius 3 is 2.36 bits per heavy atom. The van der Waals surface area contributed by atoms with Crippen molar-refractivity contribution in [2.24, 2.45) is 23.3 Å². The first kappa shape index (κ1) is 21.9. The molecule has 6 atom stereocenters. The zero-order valence-corrected chi connectivity index (χ0v) is 16.2.